The number of amides is 1. The largest absolute Gasteiger partial charge is 0.360 e. The van der Waals surface area contributed by atoms with Gasteiger partial charge in [-0.3, -0.25) is 4.79 Å². The zero-order chi connectivity index (χ0) is 16.2. The summed E-state index contributed by atoms with van der Waals surface area (Å²) in [6.07, 6.45) is 2.21. The van der Waals surface area contributed by atoms with Gasteiger partial charge in [0, 0.05) is 18.8 Å². The Labute approximate surface area is 138 Å². The molecule has 3 heteroatoms. The lowest BCUT2D eigenvalue weighted by atomic mass is 9.98. The van der Waals surface area contributed by atoms with Crippen molar-refractivity contribution in [1.29, 1.82) is 0 Å². The average Bonchev–Trinajstić information content (AvgIpc) is 2.59. The number of hydrogen-bond donors (Lipinski definition) is 1. The molecular weight excluding hydrogens is 284 g/mol. The summed E-state index contributed by atoms with van der Waals surface area (Å²) in [6.45, 7) is 5.64. The summed E-state index contributed by atoms with van der Waals surface area (Å²) in [4.78, 5) is 14.8. The zero-order valence-corrected chi connectivity index (χ0v) is 13.9. The first-order chi connectivity index (χ1) is 11.1. The van der Waals surface area contributed by atoms with E-state index >= 15 is 0 Å². The van der Waals surface area contributed by atoms with Gasteiger partial charge in [0.05, 0.1) is 0 Å². The molecule has 1 N–H and O–H groups in total. The molecule has 2 aromatic carbocycles. The Bertz CT molecular complexity index is 681. The van der Waals surface area contributed by atoms with Crippen molar-refractivity contribution < 1.29 is 4.79 Å². The van der Waals surface area contributed by atoms with E-state index in [0.29, 0.717) is 6.54 Å². The summed E-state index contributed by atoms with van der Waals surface area (Å²) in [5.74, 6) is 0.0854. The van der Waals surface area contributed by atoms with Crippen LogP contribution >= 0.6 is 0 Å². The van der Waals surface area contributed by atoms with Gasteiger partial charge in [0.25, 0.3) is 0 Å². The number of hydrogen-bond acceptors (Lipinski definition) is 2. The van der Waals surface area contributed by atoms with Crippen LogP contribution in [0.2, 0.25) is 0 Å². The van der Waals surface area contributed by atoms with Crippen LogP contribution in [0.3, 0.4) is 0 Å². The average molecular weight is 308 g/mol. The van der Waals surface area contributed by atoms with Crippen LogP contribution in [0.4, 0.5) is 5.69 Å². The number of benzene rings is 2. The number of anilines is 1. The molecule has 0 bridgehead atoms. The molecule has 0 saturated carbocycles. The number of rotatable bonds is 4. The van der Waals surface area contributed by atoms with E-state index < -0.39 is 0 Å². The van der Waals surface area contributed by atoms with Crippen LogP contribution in [0.15, 0.2) is 48.5 Å². The maximum Gasteiger partial charge on any atom is 0.242 e. The third kappa shape index (κ3) is 3.55. The summed E-state index contributed by atoms with van der Waals surface area (Å²) < 4.78 is 0. The summed E-state index contributed by atoms with van der Waals surface area (Å²) in [5, 5.41) is 3.06. The second kappa shape index (κ2) is 6.86. The molecule has 0 radical (unpaired) electrons. The highest BCUT2D eigenvalue weighted by Gasteiger charge is 2.25. The summed E-state index contributed by atoms with van der Waals surface area (Å²) in [5.41, 5.74) is 4.98. The van der Waals surface area contributed by atoms with E-state index in [1.807, 2.05) is 37.3 Å². The molecule has 2 aromatic rings. The number of nitrogens with zero attached hydrogens (tertiary/aromatic N) is 1. The molecule has 1 heterocycles. The van der Waals surface area contributed by atoms with Gasteiger partial charge in [-0.2, -0.15) is 0 Å². The molecule has 23 heavy (non-hydrogen) atoms. The van der Waals surface area contributed by atoms with Gasteiger partial charge in [0.2, 0.25) is 5.91 Å². The summed E-state index contributed by atoms with van der Waals surface area (Å²) >= 11 is 0. The fraction of sp³-hybridized carbons (Fsp3) is 0.350. The van der Waals surface area contributed by atoms with Crippen LogP contribution in [0.5, 0.6) is 0 Å². The fourth-order valence-corrected chi connectivity index (χ4v) is 3.23. The summed E-state index contributed by atoms with van der Waals surface area (Å²) in [7, 11) is 0. The Morgan fingerprint density at radius 1 is 1.22 bits per heavy atom. The number of carbonyl (C=O) groups is 1. The Kier molecular flexibility index (Phi) is 4.65. The molecule has 3 nitrogen and oxygen atoms in total. The number of fused-ring (bicyclic) bond motifs is 1. The lowest BCUT2D eigenvalue weighted by Crippen LogP contribution is -2.47. The Morgan fingerprint density at radius 2 is 2.00 bits per heavy atom. The normalized spacial score (nSPS) is 15.0. The van der Waals surface area contributed by atoms with E-state index in [1.165, 1.54) is 16.8 Å². The quantitative estimate of drug-likeness (QED) is 0.938. The molecule has 0 saturated heterocycles. The number of aryl methyl sites for hydroxylation is 2. The number of carbonyl (C=O) groups excluding carboxylic acids is 1. The van der Waals surface area contributed by atoms with E-state index in [9.17, 15) is 4.79 Å². The minimum atomic E-state index is -0.152. The first-order valence-electron chi connectivity index (χ1n) is 8.33. The summed E-state index contributed by atoms with van der Waals surface area (Å²) in [6, 6.07) is 16.4. The van der Waals surface area contributed by atoms with Gasteiger partial charge in [0.1, 0.15) is 6.04 Å². The zero-order valence-electron chi connectivity index (χ0n) is 13.9. The molecule has 120 valence electrons. The van der Waals surface area contributed by atoms with E-state index in [4.69, 9.17) is 0 Å². The van der Waals surface area contributed by atoms with Gasteiger partial charge in [-0.25, -0.2) is 0 Å². The highest BCUT2D eigenvalue weighted by atomic mass is 16.2. The van der Waals surface area contributed by atoms with Crippen LogP contribution in [0.1, 0.15) is 30.0 Å². The number of nitrogens with one attached hydrogen (secondary N) is 1. The molecule has 1 aliphatic rings. The van der Waals surface area contributed by atoms with E-state index in [2.05, 4.69) is 35.3 Å². The Balaban J connectivity index is 1.68. The van der Waals surface area contributed by atoms with Gasteiger partial charge in [-0.1, -0.05) is 48.0 Å². The first-order valence-corrected chi connectivity index (χ1v) is 8.33. The van der Waals surface area contributed by atoms with Crippen LogP contribution in [0, 0.1) is 6.92 Å². The van der Waals surface area contributed by atoms with Crippen molar-refractivity contribution in [1.82, 2.24) is 5.32 Å². The fourth-order valence-electron chi connectivity index (χ4n) is 3.23. The van der Waals surface area contributed by atoms with Crippen LogP contribution in [-0.2, 0) is 17.8 Å². The van der Waals surface area contributed by atoms with Crippen molar-refractivity contribution in [2.45, 2.75) is 39.3 Å². The molecule has 0 unspecified atom stereocenters. The van der Waals surface area contributed by atoms with E-state index in [0.717, 1.165) is 24.9 Å². The molecule has 1 aliphatic heterocycles. The lowest BCUT2D eigenvalue weighted by Gasteiger charge is -2.35. The van der Waals surface area contributed by atoms with Crippen molar-refractivity contribution in [3.63, 3.8) is 0 Å². The maximum atomic E-state index is 12.5. The SMILES string of the molecule is Cc1ccc2c(c1)CCCN2[C@@H](C)C(=O)NCc1ccccc1. The molecular formula is C20H24N2O. The van der Waals surface area contributed by atoms with E-state index in [-0.39, 0.29) is 11.9 Å². The topological polar surface area (TPSA) is 32.3 Å². The lowest BCUT2D eigenvalue weighted by molar-refractivity contribution is -0.122. The minimum absolute atomic E-state index is 0.0854. The third-order valence-corrected chi connectivity index (χ3v) is 4.55. The van der Waals surface area contributed by atoms with Crippen molar-refractivity contribution in [2.75, 3.05) is 11.4 Å². The maximum absolute atomic E-state index is 12.5. The highest BCUT2D eigenvalue weighted by molar-refractivity contribution is 5.85. The van der Waals surface area contributed by atoms with Gasteiger partial charge < -0.3 is 10.2 Å². The second-order valence-corrected chi connectivity index (χ2v) is 6.31. The van der Waals surface area contributed by atoms with Gasteiger partial charge in [-0.15, -0.1) is 0 Å². The minimum Gasteiger partial charge on any atom is -0.360 e. The highest BCUT2D eigenvalue weighted by Crippen LogP contribution is 2.29. The van der Waals surface area contributed by atoms with Crippen molar-refractivity contribution in [3.8, 4) is 0 Å². The Morgan fingerprint density at radius 3 is 2.78 bits per heavy atom. The molecule has 0 aromatic heterocycles. The molecule has 0 fully saturated rings. The third-order valence-electron chi connectivity index (χ3n) is 4.55. The van der Waals surface area contributed by atoms with Crippen LogP contribution in [0.25, 0.3) is 0 Å². The van der Waals surface area contributed by atoms with Gasteiger partial charge in [0.15, 0.2) is 0 Å². The van der Waals surface area contributed by atoms with Crippen molar-refractivity contribution >= 4 is 11.6 Å². The van der Waals surface area contributed by atoms with Gasteiger partial charge >= 0.3 is 0 Å². The van der Waals surface area contributed by atoms with Crippen molar-refractivity contribution in [3.05, 3.63) is 65.2 Å². The first kappa shape index (κ1) is 15.6. The molecule has 3 rings (SSSR count). The standard InChI is InChI=1S/C20H24N2O/c1-15-10-11-19-18(13-15)9-6-12-22(19)16(2)20(23)21-14-17-7-4-3-5-8-17/h3-5,7-8,10-11,13,16H,6,9,12,14H2,1-2H3,(H,21,23)/t16-/m0/s1. The predicted octanol–water partition coefficient (Wildman–Crippen LogP) is 3.45. The van der Waals surface area contributed by atoms with Crippen molar-refractivity contribution in [2.24, 2.45) is 0 Å². The van der Waals surface area contributed by atoms with Crippen LogP contribution < -0.4 is 10.2 Å². The molecule has 0 aliphatic carbocycles. The van der Waals surface area contributed by atoms with E-state index in [1.54, 1.807) is 0 Å². The molecule has 1 amide bonds. The predicted molar refractivity (Wildman–Crippen MR) is 94.6 cm³/mol. The van der Waals surface area contributed by atoms with Crippen LogP contribution in [-0.4, -0.2) is 18.5 Å². The molecule has 0 spiro atoms. The second-order valence-electron chi connectivity index (χ2n) is 6.31. The Hall–Kier alpha value is -2.29. The molecule has 1 atom stereocenters. The monoisotopic (exact) mass is 308 g/mol. The smallest absolute Gasteiger partial charge is 0.242 e. The van der Waals surface area contributed by atoms with Gasteiger partial charge in [-0.05, 0) is 43.9 Å².